The number of benzene rings is 1. The molecule has 0 aliphatic carbocycles. The van der Waals surface area contributed by atoms with Crippen LogP contribution >= 0.6 is 0 Å². The zero-order valence-corrected chi connectivity index (χ0v) is 19.8. The number of para-hydroxylation sites is 1. The van der Waals surface area contributed by atoms with E-state index in [1.165, 1.54) is 13.2 Å². The lowest BCUT2D eigenvalue weighted by Crippen LogP contribution is -2.49. The predicted molar refractivity (Wildman–Crippen MR) is 123 cm³/mol. The summed E-state index contributed by atoms with van der Waals surface area (Å²) in [7, 11) is 3.08. The van der Waals surface area contributed by atoms with Gasteiger partial charge in [-0.1, -0.05) is 12.1 Å². The van der Waals surface area contributed by atoms with Crippen molar-refractivity contribution in [3.05, 3.63) is 46.6 Å². The van der Waals surface area contributed by atoms with Crippen LogP contribution in [0.1, 0.15) is 34.1 Å². The second-order valence-corrected chi connectivity index (χ2v) is 7.51. The minimum atomic E-state index is -0.532. The first-order valence-electron chi connectivity index (χ1n) is 10.9. The molecule has 180 valence electrons. The number of amides is 1. The molecular weight excluding hydrogens is 440 g/mol. The van der Waals surface area contributed by atoms with Crippen LogP contribution in [0.2, 0.25) is 0 Å². The molecule has 10 heteroatoms. The number of aromatic nitrogens is 1. The van der Waals surface area contributed by atoms with Crippen molar-refractivity contribution in [2.75, 3.05) is 51.9 Å². The van der Waals surface area contributed by atoms with E-state index in [1.54, 1.807) is 38.0 Å². The molecule has 0 spiro atoms. The van der Waals surface area contributed by atoms with Gasteiger partial charge in [0.05, 0.1) is 32.1 Å². The number of ether oxygens (including phenoxy) is 4. The first-order valence-corrected chi connectivity index (χ1v) is 10.9. The third-order valence-electron chi connectivity index (χ3n) is 5.48. The maximum Gasteiger partial charge on any atom is 0.410 e. The number of anilines is 1. The molecule has 0 bridgehead atoms. The van der Waals surface area contributed by atoms with Crippen molar-refractivity contribution >= 4 is 17.9 Å². The molecule has 10 nitrogen and oxygen atoms in total. The standard InChI is InChI=1S/C24H28N4O6/c1-5-33-23(29)19-13-18(14-25)16(2)26-22(19)27-9-11-28(12-10-27)24(30)34-15-17-7-6-8-20(31-3)21(17)32-4/h6-8,13H,5,9-12,15H2,1-4H3. The fourth-order valence-electron chi connectivity index (χ4n) is 3.70. The number of nitriles is 1. The molecule has 2 aromatic rings. The van der Waals surface area contributed by atoms with Crippen LogP contribution in [0.3, 0.4) is 0 Å². The summed E-state index contributed by atoms with van der Waals surface area (Å²) in [5, 5.41) is 9.32. The Hall–Kier alpha value is -4.00. The van der Waals surface area contributed by atoms with Gasteiger partial charge >= 0.3 is 12.1 Å². The summed E-state index contributed by atoms with van der Waals surface area (Å²) >= 11 is 0. The normalized spacial score (nSPS) is 13.1. The smallest absolute Gasteiger partial charge is 0.410 e. The highest BCUT2D eigenvalue weighted by atomic mass is 16.6. The Balaban J connectivity index is 1.67. The minimum absolute atomic E-state index is 0.0444. The first-order chi connectivity index (χ1) is 16.4. The number of aryl methyl sites for hydroxylation is 1. The van der Waals surface area contributed by atoms with E-state index in [0.29, 0.717) is 60.3 Å². The van der Waals surface area contributed by atoms with E-state index in [4.69, 9.17) is 18.9 Å². The Morgan fingerprint density at radius 3 is 2.47 bits per heavy atom. The van der Waals surface area contributed by atoms with E-state index in [0.717, 1.165) is 0 Å². The molecule has 0 atom stereocenters. The number of esters is 1. The molecule has 0 N–H and O–H groups in total. The summed E-state index contributed by atoms with van der Waals surface area (Å²) in [5.74, 6) is 1.00. The number of hydrogen-bond donors (Lipinski definition) is 0. The fraction of sp³-hybridized carbons (Fsp3) is 0.417. The summed E-state index contributed by atoms with van der Waals surface area (Å²) < 4.78 is 21.3. The van der Waals surface area contributed by atoms with Gasteiger partial charge < -0.3 is 28.7 Å². The van der Waals surface area contributed by atoms with Crippen molar-refractivity contribution in [1.82, 2.24) is 9.88 Å². The lowest BCUT2D eigenvalue weighted by atomic mass is 10.1. The topological polar surface area (TPSA) is 114 Å². The number of carbonyl (C=O) groups is 2. The summed E-state index contributed by atoms with van der Waals surface area (Å²) in [6.07, 6.45) is -0.445. The van der Waals surface area contributed by atoms with Crippen molar-refractivity contribution in [3.8, 4) is 17.6 Å². The van der Waals surface area contributed by atoms with Gasteiger partial charge in [-0.25, -0.2) is 14.6 Å². The number of methoxy groups -OCH3 is 2. The Bertz CT molecular complexity index is 1090. The molecule has 0 radical (unpaired) electrons. The van der Waals surface area contributed by atoms with E-state index in [1.807, 2.05) is 11.0 Å². The molecule has 1 aromatic heterocycles. The molecule has 1 aliphatic heterocycles. The summed E-state index contributed by atoms with van der Waals surface area (Å²) in [5.41, 5.74) is 1.79. The molecule has 1 aliphatic rings. The first kappa shape index (κ1) is 24.6. The number of carbonyl (C=O) groups excluding carboxylic acids is 2. The maximum absolute atomic E-state index is 12.7. The van der Waals surface area contributed by atoms with Crippen LogP contribution in [0.5, 0.6) is 11.5 Å². The number of nitrogens with zero attached hydrogens (tertiary/aromatic N) is 4. The molecule has 0 unspecified atom stereocenters. The SMILES string of the molecule is CCOC(=O)c1cc(C#N)c(C)nc1N1CCN(C(=O)OCc2cccc(OC)c2OC)CC1. The Morgan fingerprint density at radius 2 is 1.85 bits per heavy atom. The summed E-state index contributed by atoms with van der Waals surface area (Å²) in [4.78, 5) is 33.1. The van der Waals surface area contributed by atoms with Crippen LogP contribution in [-0.2, 0) is 16.1 Å². The molecule has 0 saturated carbocycles. The van der Waals surface area contributed by atoms with Crippen LogP contribution in [0, 0.1) is 18.3 Å². The van der Waals surface area contributed by atoms with E-state index in [-0.39, 0.29) is 18.8 Å². The minimum Gasteiger partial charge on any atom is -0.493 e. The quantitative estimate of drug-likeness (QED) is 0.566. The lowest BCUT2D eigenvalue weighted by Gasteiger charge is -2.35. The van der Waals surface area contributed by atoms with Crippen molar-refractivity contribution in [3.63, 3.8) is 0 Å². The molecule has 1 amide bonds. The van der Waals surface area contributed by atoms with Crippen LogP contribution in [0.15, 0.2) is 24.3 Å². The Labute approximate surface area is 198 Å². The van der Waals surface area contributed by atoms with E-state index >= 15 is 0 Å². The molecule has 1 saturated heterocycles. The molecule has 34 heavy (non-hydrogen) atoms. The third-order valence-corrected chi connectivity index (χ3v) is 5.48. The van der Waals surface area contributed by atoms with E-state index in [9.17, 15) is 14.9 Å². The fourth-order valence-corrected chi connectivity index (χ4v) is 3.70. The Morgan fingerprint density at radius 1 is 1.12 bits per heavy atom. The van der Waals surface area contributed by atoms with Gasteiger partial charge in [0.25, 0.3) is 0 Å². The average Bonchev–Trinajstić information content (AvgIpc) is 2.86. The van der Waals surface area contributed by atoms with Gasteiger partial charge in [0, 0.05) is 31.7 Å². The van der Waals surface area contributed by atoms with Gasteiger partial charge in [-0.15, -0.1) is 0 Å². The van der Waals surface area contributed by atoms with Gasteiger partial charge in [-0.05, 0) is 26.0 Å². The molecule has 1 aromatic carbocycles. The van der Waals surface area contributed by atoms with Crippen molar-refractivity contribution in [2.24, 2.45) is 0 Å². The van der Waals surface area contributed by atoms with Gasteiger partial charge in [0.15, 0.2) is 11.5 Å². The highest BCUT2D eigenvalue weighted by Gasteiger charge is 2.27. The number of hydrogen-bond acceptors (Lipinski definition) is 9. The van der Waals surface area contributed by atoms with Crippen LogP contribution < -0.4 is 14.4 Å². The van der Waals surface area contributed by atoms with Crippen molar-refractivity contribution in [2.45, 2.75) is 20.5 Å². The Kier molecular flexibility index (Phi) is 8.14. The van der Waals surface area contributed by atoms with Crippen LogP contribution in [-0.4, -0.2) is 69.0 Å². The monoisotopic (exact) mass is 468 g/mol. The maximum atomic E-state index is 12.7. The second-order valence-electron chi connectivity index (χ2n) is 7.51. The predicted octanol–water partition coefficient (Wildman–Crippen LogP) is 2.91. The third kappa shape index (κ3) is 5.31. The highest BCUT2D eigenvalue weighted by molar-refractivity contribution is 5.95. The van der Waals surface area contributed by atoms with E-state index in [2.05, 4.69) is 11.1 Å². The van der Waals surface area contributed by atoms with Gasteiger partial charge in [0.1, 0.15) is 24.1 Å². The number of pyridine rings is 1. The van der Waals surface area contributed by atoms with E-state index < -0.39 is 12.1 Å². The zero-order valence-electron chi connectivity index (χ0n) is 19.8. The molecular formula is C24H28N4O6. The summed E-state index contributed by atoms with van der Waals surface area (Å²) in [6, 6.07) is 8.95. The van der Waals surface area contributed by atoms with Crippen molar-refractivity contribution < 1.29 is 28.5 Å². The number of rotatable bonds is 7. The van der Waals surface area contributed by atoms with Gasteiger partial charge in [-0.3, -0.25) is 0 Å². The van der Waals surface area contributed by atoms with Crippen LogP contribution in [0.25, 0.3) is 0 Å². The largest absolute Gasteiger partial charge is 0.493 e. The van der Waals surface area contributed by atoms with Gasteiger partial charge in [-0.2, -0.15) is 5.26 Å². The molecule has 1 fully saturated rings. The van der Waals surface area contributed by atoms with Gasteiger partial charge in [0.2, 0.25) is 0 Å². The van der Waals surface area contributed by atoms with Crippen LogP contribution in [0.4, 0.5) is 10.6 Å². The highest BCUT2D eigenvalue weighted by Crippen LogP contribution is 2.31. The summed E-state index contributed by atoms with van der Waals surface area (Å²) in [6.45, 7) is 5.36. The molecule has 3 rings (SSSR count). The van der Waals surface area contributed by atoms with Crippen molar-refractivity contribution in [1.29, 1.82) is 5.26 Å². The molecule has 2 heterocycles. The average molecular weight is 469 g/mol. The lowest BCUT2D eigenvalue weighted by molar-refractivity contribution is 0.0525. The number of piperazine rings is 1. The second kappa shape index (κ2) is 11.2. The zero-order chi connectivity index (χ0) is 24.7.